The van der Waals surface area contributed by atoms with E-state index in [9.17, 15) is 5.11 Å². The average Bonchev–Trinajstić information content (AvgIpc) is 2.47. The van der Waals surface area contributed by atoms with Gasteiger partial charge in [-0.2, -0.15) is 0 Å². The Morgan fingerprint density at radius 3 is 2.38 bits per heavy atom. The topological polar surface area (TPSA) is 38.7 Å². The van der Waals surface area contributed by atoms with E-state index >= 15 is 0 Å². The Morgan fingerprint density at radius 2 is 1.71 bits per heavy atom. The van der Waals surface area contributed by atoms with Crippen molar-refractivity contribution in [2.45, 2.75) is 19.4 Å². The standard InChI is InChI=1S/C17H19ClO3/c1-11-4-6-16(20-2)12(8-11)9-15(19)14-10-13(18)5-7-17(14)21-3/h4-8,10,15,19H,9H2,1-3H3. The van der Waals surface area contributed by atoms with Crippen molar-refractivity contribution in [3.63, 3.8) is 0 Å². The van der Waals surface area contributed by atoms with Crippen molar-refractivity contribution in [3.05, 3.63) is 58.1 Å². The molecule has 0 radical (unpaired) electrons. The molecule has 0 fully saturated rings. The van der Waals surface area contributed by atoms with Crippen molar-refractivity contribution in [2.24, 2.45) is 0 Å². The number of hydrogen-bond donors (Lipinski definition) is 1. The molecule has 0 bridgehead atoms. The van der Waals surface area contributed by atoms with Crippen molar-refractivity contribution in [1.82, 2.24) is 0 Å². The number of methoxy groups -OCH3 is 2. The minimum atomic E-state index is -0.714. The highest BCUT2D eigenvalue weighted by Crippen LogP contribution is 2.32. The molecule has 1 N–H and O–H groups in total. The third kappa shape index (κ3) is 3.69. The van der Waals surface area contributed by atoms with Crippen molar-refractivity contribution in [2.75, 3.05) is 14.2 Å². The van der Waals surface area contributed by atoms with Crippen LogP contribution in [0.2, 0.25) is 5.02 Å². The van der Waals surface area contributed by atoms with Gasteiger partial charge in [0.05, 0.1) is 20.3 Å². The van der Waals surface area contributed by atoms with Crippen molar-refractivity contribution < 1.29 is 14.6 Å². The van der Waals surface area contributed by atoms with Gasteiger partial charge in [-0.15, -0.1) is 0 Å². The highest BCUT2D eigenvalue weighted by molar-refractivity contribution is 6.30. The number of ether oxygens (including phenoxy) is 2. The zero-order valence-electron chi connectivity index (χ0n) is 12.4. The Morgan fingerprint density at radius 1 is 1.05 bits per heavy atom. The first kappa shape index (κ1) is 15.7. The van der Waals surface area contributed by atoms with Crippen LogP contribution in [0, 0.1) is 6.92 Å². The lowest BCUT2D eigenvalue weighted by molar-refractivity contribution is 0.173. The minimum absolute atomic E-state index is 0.432. The molecule has 1 unspecified atom stereocenters. The smallest absolute Gasteiger partial charge is 0.124 e. The summed E-state index contributed by atoms with van der Waals surface area (Å²) in [5.74, 6) is 1.39. The zero-order valence-corrected chi connectivity index (χ0v) is 13.1. The van der Waals surface area contributed by atoms with Crippen LogP contribution in [0.4, 0.5) is 0 Å². The summed E-state index contributed by atoms with van der Waals surface area (Å²) in [5, 5.41) is 11.1. The number of benzene rings is 2. The van der Waals surface area contributed by atoms with E-state index in [2.05, 4.69) is 0 Å². The second-order valence-corrected chi connectivity index (χ2v) is 5.36. The SMILES string of the molecule is COc1ccc(C)cc1CC(O)c1cc(Cl)ccc1OC. The first-order chi connectivity index (χ1) is 10.0. The number of halogens is 1. The summed E-state index contributed by atoms with van der Waals surface area (Å²) in [7, 11) is 3.20. The normalized spacial score (nSPS) is 12.0. The average molecular weight is 307 g/mol. The molecular formula is C17H19ClO3. The third-order valence-corrected chi connectivity index (χ3v) is 3.64. The van der Waals surface area contributed by atoms with Gasteiger partial charge in [-0.25, -0.2) is 0 Å². The number of aryl methyl sites for hydroxylation is 1. The molecule has 3 nitrogen and oxygen atoms in total. The number of rotatable bonds is 5. The number of aliphatic hydroxyl groups is 1. The van der Waals surface area contributed by atoms with Crippen LogP contribution in [0.25, 0.3) is 0 Å². The quantitative estimate of drug-likeness (QED) is 0.909. The van der Waals surface area contributed by atoms with Gasteiger partial charge in [0.1, 0.15) is 11.5 Å². The second kappa shape index (κ2) is 6.83. The molecule has 2 aromatic carbocycles. The summed E-state index contributed by atoms with van der Waals surface area (Å²) in [5.41, 5.74) is 2.75. The zero-order chi connectivity index (χ0) is 15.4. The molecule has 2 aromatic rings. The summed E-state index contributed by atoms with van der Waals surface area (Å²) in [4.78, 5) is 0. The van der Waals surface area contributed by atoms with Gasteiger partial charge < -0.3 is 14.6 Å². The molecule has 1 atom stereocenters. The van der Waals surface area contributed by atoms with Crippen LogP contribution >= 0.6 is 11.6 Å². The van der Waals surface area contributed by atoms with E-state index in [0.29, 0.717) is 22.8 Å². The minimum Gasteiger partial charge on any atom is -0.496 e. The van der Waals surface area contributed by atoms with E-state index in [1.54, 1.807) is 32.4 Å². The summed E-state index contributed by atoms with van der Waals surface area (Å²) in [6.45, 7) is 2.01. The molecule has 0 saturated carbocycles. The summed E-state index contributed by atoms with van der Waals surface area (Å²) in [6, 6.07) is 11.1. The van der Waals surface area contributed by atoms with Gasteiger partial charge in [0, 0.05) is 17.0 Å². The van der Waals surface area contributed by atoms with Crippen LogP contribution in [0.15, 0.2) is 36.4 Å². The Labute approximate surface area is 130 Å². The Balaban J connectivity index is 2.31. The van der Waals surface area contributed by atoms with Gasteiger partial charge in [0.2, 0.25) is 0 Å². The van der Waals surface area contributed by atoms with E-state index in [1.165, 1.54) is 0 Å². The van der Waals surface area contributed by atoms with E-state index in [4.69, 9.17) is 21.1 Å². The monoisotopic (exact) mass is 306 g/mol. The highest BCUT2D eigenvalue weighted by atomic mass is 35.5. The van der Waals surface area contributed by atoms with Gasteiger partial charge in [0.25, 0.3) is 0 Å². The first-order valence-corrected chi connectivity index (χ1v) is 7.08. The fourth-order valence-corrected chi connectivity index (χ4v) is 2.53. The maximum atomic E-state index is 10.5. The highest BCUT2D eigenvalue weighted by Gasteiger charge is 2.16. The predicted octanol–water partition coefficient (Wildman–Crippen LogP) is 3.94. The lowest BCUT2D eigenvalue weighted by Gasteiger charge is -2.17. The van der Waals surface area contributed by atoms with Crippen LogP contribution in [-0.2, 0) is 6.42 Å². The molecule has 0 heterocycles. The number of aliphatic hydroxyl groups excluding tert-OH is 1. The Kier molecular flexibility index (Phi) is 5.10. The molecule has 112 valence electrons. The van der Waals surface area contributed by atoms with Crippen LogP contribution in [0.3, 0.4) is 0 Å². The maximum absolute atomic E-state index is 10.5. The van der Waals surface area contributed by atoms with Crippen LogP contribution < -0.4 is 9.47 Å². The van der Waals surface area contributed by atoms with Crippen molar-refractivity contribution in [3.8, 4) is 11.5 Å². The molecule has 0 saturated heterocycles. The third-order valence-electron chi connectivity index (χ3n) is 3.40. The fourth-order valence-electron chi connectivity index (χ4n) is 2.35. The summed E-state index contributed by atoms with van der Waals surface area (Å²) in [6.07, 6.45) is -0.281. The van der Waals surface area contributed by atoms with E-state index in [0.717, 1.165) is 16.9 Å². The molecule has 0 spiro atoms. The predicted molar refractivity (Wildman–Crippen MR) is 84.4 cm³/mol. The van der Waals surface area contributed by atoms with E-state index in [-0.39, 0.29) is 0 Å². The van der Waals surface area contributed by atoms with Gasteiger partial charge >= 0.3 is 0 Å². The van der Waals surface area contributed by atoms with Gasteiger partial charge in [-0.3, -0.25) is 0 Å². The Hall–Kier alpha value is -1.71. The van der Waals surface area contributed by atoms with Gasteiger partial charge in [-0.1, -0.05) is 29.3 Å². The number of hydrogen-bond acceptors (Lipinski definition) is 3. The van der Waals surface area contributed by atoms with E-state index in [1.807, 2.05) is 25.1 Å². The molecular weight excluding hydrogens is 288 g/mol. The molecule has 4 heteroatoms. The van der Waals surface area contributed by atoms with Gasteiger partial charge in [0.15, 0.2) is 0 Å². The molecule has 21 heavy (non-hydrogen) atoms. The second-order valence-electron chi connectivity index (χ2n) is 4.92. The summed E-state index contributed by atoms with van der Waals surface area (Å²) >= 11 is 6.01. The molecule has 0 amide bonds. The maximum Gasteiger partial charge on any atom is 0.124 e. The fraction of sp³-hybridized carbons (Fsp3) is 0.294. The van der Waals surface area contributed by atoms with Gasteiger partial charge in [-0.05, 0) is 36.8 Å². The first-order valence-electron chi connectivity index (χ1n) is 6.70. The van der Waals surface area contributed by atoms with Crippen LogP contribution in [0.5, 0.6) is 11.5 Å². The van der Waals surface area contributed by atoms with Crippen LogP contribution in [0.1, 0.15) is 22.8 Å². The van der Waals surface area contributed by atoms with Crippen molar-refractivity contribution in [1.29, 1.82) is 0 Å². The summed E-state index contributed by atoms with van der Waals surface area (Å²) < 4.78 is 10.6. The molecule has 0 aromatic heterocycles. The lowest BCUT2D eigenvalue weighted by Crippen LogP contribution is -2.05. The largest absolute Gasteiger partial charge is 0.496 e. The molecule has 0 aliphatic heterocycles. The van der Waals surface area contributed by atoms with Crippen molar-refractivity contribution >= 4 is 11.6 Å². The molecule has 0 aliphatic carbocycles. The molecule has 0 aliphatic rings. The lowest BCUT2D eigenvalue weighted by atomic mass is 9.98. The molecule has 2 rings (SSSR count). The van der Waals surface area contributed by atoms with E-state index < -0.39 is 6.10 Å². The Bertz CT molecular complexity index is 625. The van der Waals surface area contributed by atoms with Crippen LogP contribution in [-0.4, -0.2) is 19.3 Å².